The van der Waals surface area contributed by atoms with E-state index < -0.39 is 17.6 Å². The van der Waals surface area contributed by atoms with Gasteiger partial charge in [0.05, 0.1) is 23.1 Å². The highest BCUT2D eigenvalue weighted by Gasteiger charge is 2.32. The number of amides is 2. The molecule has 0 spiro atoms. The van der Waals surface area contributed by atoms with Crippen molar-refractivity contribution in [2.75, 3.05) is 12.4 Å². The molecule has 0 aliphatic heterocycles. The number of aromatic amines is 1. The van der Waals surface area contributed by atoms with Crippen LogP contribution in [0.1, 0.15) is 32.1 Å². The summed E-state index contributed by atoms with van der Waals surface area (Å²) in [5.74, 6) is -0.973. The molecule has 5 aromatic rings. The maximum atomic E-state index is 13.5. The number of fused-ring (bicyclic) bond motifs is 1. The van der Waals surface area contributed by atoms with Gasteiger partial charge in [-0.3, -0.25) is 14.7 Å². The van der Waals surface area contributed by atoms with Crippen LogP contribution in [0, 0.1) is 6.92 Å². The van der Waals surface area contributed by atoms with Crippen molar-refractivity contribution in [1.82, 2.24) is 25.1 Å². The molecule has 8 nitrogen and oxygen atoms in total. The second-order valence-corrected chi connectivity index (χ2v) is 8.63. The molecule has 2 heterocycles. The predicted molar refractivity (Wildman–Crippen MR) is 136 cm³/mol. The number of anilines is 1. The zero-order valence-corrected chi connectivity index (χ0v) is 20.2. The zero-order chi connectivity index (χ0) is 27.0. The Hall–Kier alpha value is -4.93. The average molecular weight is 518 g/mol. The molecule has 0 atom stereocenters. The summed E-state index contributed by atoms with van der Waals surface area (Å²) in [5, 5.41) is 12.8. The standard InChI is InChI=1S/C27H21F3N6O2/c1-15-13-36(14-32-15)21-10-18(9-19(12-21)27(28,29)30)25(37)33-20-6-3-16(4-7-20)17-5-8-22-23(11-17)34-35-24(22)26(38)31-2/h3-14H,1-2H3,(H,31,38)(H,33,37)(H,34,35). The molecule has 0 saturated carbocycles. The molecule has 0 unspecified atom stereocenters. The second-order valence-electron chi connectivity index (χ2n) is 8.63. The third-order valence-corrected chi connectivity index (χ3v) is 6.00. The highest BCUT2D eigenvalue weighted by Crippen LogP contribution is 2.32. The molecule has 0 radical (unpaired) electrons. The highest BCUT2D eigenvalue weighted by atomic mass is 19.4. The molecular formula is C27H21F3N6O2. The van der Waals surface area contributed by atoms with Crippen LogP contribution in [0.4, 0.5) is 18.9 Å². The number of rotatable bonds is 5. The lowest BCUT2D eigenvalue weighted by atomic mass is 10.0. The highest BCUT2D eigenvalue weighted by molar-refractivity contribution is 6.06. The lowest BCUT2D eigenvalue weighted by Gasteiger charge is -2.13. The van der Waals surface area contributed by atoms with Gasteiger partial charge >= 0.3 is 6.18 Å². The fraction of sp³-hybridized carbons (Fsp3) is 0.111. The number of benzene rings is 3. The molecule has 3 N–H and O–H groups in total. The van der Waals surface area contributed by atoms with Gasteiger partial charge in [0.1, 0.15) is 0 Å². The maximum Gasteiger partial charge on any atom is 0.416 e. The van der Waals surface area contributed by atoms with E-state index in [1.165, 1.54) is 24.0 Å². The average Bonchev–Trinajstić information content (AvgIpc) is 3.54. The maximum absolute atomic E-state index is 13.5. The normalized spacial score (nSPS) is 11.5. The molecule has 5 rings (SSSR count). The lowest BCUT2D eigenvalue weighted by molar-refractivity contribution is -0.137. The van der Waals surface area contributed by atoms with E-state index in [9.17, 15) is 22.8 Å². The van der Waals surface area contributed by atoms with Crippen LogP contribution >= 0.6 is 0 Å². The largest absolute Gasteiger partial charge is 0.416 e. The van der Waals surface area contributed by atoms with Gasteiger partial charge in [-0.2, -0.15) is 18.3 Å². The zero-order valence-electron chi connectivity index (χ0n) is 20.2. The number of nitrogens with zero attached hydrogens (tertiary/aromatic N) is 3. The fourth-order valence-electron chi connectivity index (χ4n) is 4.06. The Labute approximate surface area is 214 Å². The summed E-state index contributed by atoms with van der Waals surface area (Å²) in [5.41, 5.74) is 2.82. The second kappa shape index (κ2) is 9.51. The van der Waals surface area contributed by atoms with Gasteiger partial charge in [-0.15, -0.1) is 0 Å². The number of halogens is 3. The van der Waals surface area contributed by atoms with E-state index in [0.717, 1.165) is 23.3 Å². The van der Waals surface area contributed by atoms with Gasteiger partial charge in [-0.1, -0.05) is 18.2 Å². The van der Waals surface area contributed by atoms with Crippen molar-refractivity contribution in [2.45, 2.75) is 13.1 Å². The smallest absolute Gasteiger partial charge is 0.354 e. The third kappa shape index (κ3) is 4.85. The Morgan fingerprint density at radius 3 is 2.34 bits per heavy atom. The molecule has 192 valence electrons. The summed E-state index contributed by atoms with van der Waals surface area (Å²) >= 11 is 0. The van der Waals surface area contributed by atoms with E-state index >= 15 is 0 Å². The van der Waals surface area contributed by atoms with Gasteiger partial charge < -0.3 is 15.2 Å². The van der Waals surface area contributed by atoms with E-state index in [4.69, 9.17) is 0 Å². The molecule has 38 heavy (non-hydrogen) atoms. The van der Waals surface area contributed by atoms with Gasteiger partial charge in [0.15, 0.2) is 5.69 Å². The van der Waals surface area contributed by atoms with Crippen molar-refractivity contribution in [3.63, 3.8) is 0 Å². The predicted octanol–water partition coefficient (Wildman–Crippen LogP) is 5.35. The van der Waals surface area contributed by atoms with Crippen LogP contribution in [-0.2, 0) is 6.18 Å². The molecule has 0 fully saturated rings. The van der Waals surface area contributed by atoms with Crippen LogP contribution in [0.3, 0.4) is 0 Å². The minimum absolute atomic E-state index is 0.137. The lowest BCUT2D eigenvalue weighted by Crippen LogP contribution is -2.18. The van der Waals surface area contributed by atoms with Crippen molar-refractivity contribution >= 4 is 28.4 Å². The van der Waals surface area contributed by atoms with Crippen LogP contribution < -0.4 is 10.6 Å². The number of hydrogen-bond donors (Lipinski definition) is 3. The van der Waals surface area contributed by atoms with Crippen molar-refractivity contribution < 1.29 is 22.8 Å². The Kier molecular flexibility index (Phi) is 6.19. The van der Waals surface area contributed by atoms with Gasteiger partial charge in [0.25, 0.3) is 11.8 Å². The van der Waals surface area contributed by atoms with E-state index in [1.54, 1.807) is 43.5 Å². The molecule has 2 amide bonds. The number of imidazole rings is 1. The Morgan fingerprint density at radius 1 is 0.947 bits per heavy atom. The topological polar surface area (TPSA) is 105 Å². The number of hydrogen-bond acceptors (Lipinski definition) is 4. The van der Waals surface area contributed by atoms with E-state index in [2.05, 4.69) is 25.8 Å². The quantitative estimate of drug-likeness (QED) is 0.292. The van der Waals surface area contributed by atoms with Crippen molar-refractivity contribution in [3.8, 4) is 16.8 Å². The van der Waals surface area contributed by atoms with Gasteiger partial charge in [0.2, 0.25) is 0 Å². The van der Waals surface area contributed by atoms with Gasteiger partial charge in [0, 0.05) is 35.6 Å². The Bertz CT molecular complexity index is 1670. The number of carbonyl (C=O) groups excluding carboxylic acids is 2. The van der Waals surface area contributed by atoms with Crippen molar-refractivity contribution in [3.05, 3.63) is 95.7 Å². The van der Waals surface area contributed by atoms with Gasteiger partial charge in [-0.05, 0) is 60.5 Å². The molecule has 0 aliphatic rings. The number of aryl methyl sites for hydroxylation is 1. The van der Waals surface area contributed by atoms with Crippen LogP contribution in [-0.4, -0.2) is 38.6 Å². The van der Waals surface area contributed by atoms with E-state index in [1.807, 2.05) is 12.1 Å². The molecule has 0 aliphatic carbocycles. The molecule has 0 saturated heterocycles. The Morgan fingerprint density at radius 2 is 1.68 bits per heavy atom. The van der Waals surface area contributed by atoms with Crippen LogP contribution in [0.2, 0.25) is 0 Å². The first-order valence-corrected chi connectivity index (χ1v) is 11.5. The fourth-order valence-corrected chi connectivity index (χ4v) is 4.06. The first-order chi connectivity index (χ1) is 18.1. The van der Waals surface area contributed by atoms with Crippen molar-refractivity contribution in [1.29, 1.82) is 0 Å². The number of carbonyl (C=O) groups is 2. The number of nitrogens with one attached hydrogen (secondary N) is 3. The summed E-state index contributed by atoms with van der Waals surface area (Å²) in [7, 11) is 1.53. The minimum Gasteiger partial charge on any atom is -0.354 e. The summed E-state index contributed by atoms with van der Waals surface area (Å²) in [6, 6.07) is 15.5. The van der Waals surface area contributed by atoms with E-state index in [-0.39, 0.29) is 17.2 Å². The SMILES string of the molecule is CNC(=O)c1n[nH]c2cc(-c3ccc(NC(=O)c4cc(-n5cnc(C)c5)cc(C(F)(F)F)c4)cc3)ccc12. The third-order valence-electron chi connectivity index (χ3n) is 6.00. The molecule has 11 heteroatoms. The summed E-state index contributed by atoms with van der Waals surface area (Å²) in [6.07, 6.45) is -1.65. The number of aromatic nitrogens is 4. The molecule has 3 aromatic carbocycles. The van der Waals surface area contributed by atoms with Crippen LogP contribution in [0.5, 0.6) is 0 Å². The first-order valence-electron chi connectivity index (χ1n) is 11.5. The molecular weight excluding hydrogens is 497 g/mol. The number of H-pyrrole nitrogens is 1. The van der Waals surface area contributed by atoms with Gasteiger partial charge in [-0.25, -0.2) is 4.98 Å². The van der Waals surface area contributed by atoms with Crippen molar-refractivity contribution in [2.24, 2.45) is 0 Å². The monoisotopic (exact) mass is 518 g/mol. The molecule has 0 bridgehead atoms. The molecule has 2 aromatic heterocycles. The van der Waals surface area contributed by atoms with Crippen LogP contribution in [0.25, 0.3) is 27.7 Å². The number of alkyl halides is 3. The Balaban J connectivity index is 1.38. The van der Waals surface area contributed by atoms with Crippen LogP contribution in [0.15, 0.2) is 73.2 Å². The first kappa shape index (κ1) is 24.8. The minimum atomic E-state index is -4.63. The summed E-state index contributed by atoms with van der Waals surface area (Å²) in [6.45, 7) is 1.72. The summed E-state index contributed by atoms with van der Waals surface area (Å²) < 4.78 is 42.1. The van der Waals surface area contributed by atoms with E-state index in [0.29, 0.717) is 28.0 Å². The summed E-state index contributed by atoms with van der Waals surface area (Å²) in [4.78, 5) is 28.9.